The van der Waals surface area contributed by atoms with Crippen LogP contribution in [0.5, 0.6) is 5.75 Å². The second-order valence-corrected chi connectivity index (χ2v) is 9.10. The summed E-state index contributed by atoms with van der Waals surface area (Å²) in [6.45, 7) is 4.77. The zero-order chi connectivity index (χ0) is 19.6. The quantitative estimate of drug-likeness (QED) is 0.665. The van der Waals surface area contributed by atoms with Gasteiger partial charge in [0.25, 0.3) is 0 Å². The van der Waals surface area contributed by atoms with Gasteiger partial charge < -0.3 is 10.1 Å². The highest BCUT2D eigenvalue weighted by Crippen LogP contribution is 2.39. The molecule has 0 radical (unpaired) electrons. The fourth-order valence-electron chi connectivity index (χ4n) is 2.57. The van der Waals surface area contributed by atoms with E-state index in [9.17, 15) is 4.79 Å². The maximum atomic E-state index is 13.2. The molecule has 1 heterocycles. The molecule has 0 atom stereocenters. The highest BCUT2D eigenvalue weighted by Gasteiger charge is 2.35. The molecule has 0 bridgehead atoms. The maximum Gasteiger partial charge on any atom is 0.332 e. The first-order valence-electron chi connectivity index (χ1n) is 8.23. The summed E-state index contributed by atoms with van der Waals surface area (Å²) in [5.74, 6) is 0.522. The number of carbonyl (C=O) groups excluding carboxylic acids is 1. The standard InChI is InChI=1S/C19H19Cl2N3O2S/c1-19(2)11-22-18(27-19)24(15-10-13(21)7-8-16(15)26-3)17(25)23-14-6-4-5-12(20)9-14/h4-10H,11H2,1-3H3,(H,23,25). The van der Waals surface area contributed by atoms with Crippen molar-refractivity contribution in [2.24, 2.45) is 4.99 Å². The van der Waals surface area contributed by atoms with E-state index in [2.05, 4.69) is 24.2 Å². The number of amidine groups is 1. The van der Waals surface area contributed by atoms with Crippen LogP contribution < -0.4 is 15.0 Å². The maximum absolute atomic E-state index is 13.2. The first-order valence-corrected chi connectivity index (χ1v) is 9.80. The van der Waals surface area contributed by atoms with E-state index in [1.807, 2.05) is 0 Å². The summed E-state index contributed by atoms with van der Waals surface area (Å²) in [7, 11) is 1.55. The number of hydrogen-bond donors (Lipinski definition) is 1. The molecule has 1 aliphatic rings. The third-order valence-electron chi connectivity index (χ3n) is 3.81. The number of nitrogens with one attached hydrogen (secondary N) is 1. The fourth-order valence-corrected chi connectivity index (χ4v) is 3.95. The molecule has 0 saturated carbocycles. The van der Waals surface area contributed by atoms with Crippen LogP contribution in [0.15, 0.2) is 47.5 Å². The third kappa shape index (κ3) is 4.69. The summed E-state index contributed by atoms with van der Waals surface area (Å²) in [4.78, 5) is 19.2. The molecule has 27 heavy (non-hydrogen) atoms. The van der Waals surface area contributed by atoms with E-state index in [1.54, 1.807) is 49.6 Å². The number of hydrogen-bond acceptors (Lipinski definition) is 4. The second-order valence-electron chi connectivity index (χ2n) is 6.55. The lowest BCUT2D eigenvalue weighted by atomic mass is 10.2. The zero-order valence-corrected chi connectivity index (χ0v) is 17.5. The van der Waals surface area contributed by atoms with Crippen LogP contribution >= 0.6 is 35.0 Å². The number of urea groups is 1. The number of nitrogens with zero attached hydrogens (tertiary/aromatic N) is 2. The molecule has 0 saturated heterocycles. The number of methoxy groups -OCH3 is 1. The van der Waals surface area contributed by atoms with Gasteiger partial charge in [0.05, 0.1) is 19.3 Å². The summed E-state index contributed by atoms with van der Waals surface area (Å²) in [6.07, 6.45) is 0. The highest BCUT2D eigenvalue weighted by atomic mass is 35.5. The van der Waals surface area contributed by atoms with Crippen molar-refractivity contribution >= 4 is 57.5 Å². The Hall–Kier alpha value is -1.89. The van der Waals surface area contributed by atoms with Crippen LogP contribution in [0.4, 0.5) is 16.2 Å². The molecule has 3 rings (SSSR count). The van der Waals surface area contributed by atoms with Gasteiger partial charge in [0.15, 0.2) is 5.17 Å². The predicted octanol–water partition coefficient (Wildman–Crippen LogP) is 5.92. The molecule has 1 N–H and O–H groups in total. The molecule has 5 nitrogen and oxygen atoms in total. The van der Waals surface area contributed by atoms with Crippen LogP contribution in [0.3, 0.4) is 0 Å². The molecule has 0 aromatic heterocycles. The van der Waals surface area contributed by atoms with Crippen LogP contribution in [0, 0.1) is 0 Å². The highest BCUT2D eigenvalue weighted by molar-refractivity contribution is 8.15. The molecule has 0 fully saturated rings. The number of rotatable bonds is 3. The topological polar surface area (TPSA) is 53.9 Å². The molecule has 142 valence electrons. The van der Waals surface area contributed by atoms with Crippen molar-refractivity contribution in [2.45, 2.75) is 18.6 Å². The van der Waals surface area contributed by atoms with Gasteiger partial charge in [-0.15, -0.1) is 0 Å². The Morgan fingerprint density at radius 3 is 2.59 bits per heavy atom. The summed E-state index contributed by atoms with van der Waals surface area (Å²) in [6, 6.07) is 11.7. The minimum atomic E-state index is -0.373. The summed E-state index contributed by atoms with van der Waals surface area (Å²) in [5.41, 5.74) is 1.11. The Morgan fingerprint density at radius 1 is 1.22 bits per heavy atom. The smallest absolute Gasteiger partial charge is 0.332 e. The lowest BCUT2D eigenvalue weighted by molar-refractivity contribution is 0.259. The van der Waals surface area contributed by atoms with E-state index in [0.29, 0.717) is 38.9 Å². The second kappa shape index (κ2) is 8.00. The van der Waals surface area contributed by atoms with Crippen molar-refractivity contribution in [1.82, 2.24) is 0 Å². The van der Waals surface area contributed by atoms with Crippen molar-refractivity contribution in [2.75, 3.05) is 23.9 Å². The zero-order valence-electron chi connectivity index (χ0n) is 15.1. The van der Waals surface area contributed by atoms with Gasteiger partial charge >= 0.3 is 6.03 Å². The molecule has 0 unspecified atom stereocenters. The number of benzene rings is 2. The minimum absolute atomic E-state index is 0.101. The minimum Gasteiger partial charge on any atom is -0.495 e. The lowest BCUT2D eigenvalue weighted by Crippen LogP contribution is -2.39. The van der Waals surface area contributed by atoms with Gasteiger partial charge in [-0.2, -0.15) is 0 Å². The fraction of sp³-hybridized carbons (Fsp3) is 0.263. The van der Waals surface area contributed by atoms with Gasteiger partial charge in [-0.25, -0.2) is 9.69 Å². The Kier molecular flexibility index (Phi) is 5.89. The van der Waals surface area contributed by atoms with Crippen LogP contribution in [0.1, 0.15) is 13.8 Å². The predicted molar refractivity (Wildman–Crippen MR) is 115 cm³/mol. The molecule has 8 heteroatoms. The molecular weight excluding hydrogens is 405 g/mol. The summed E-state index contributed by atoms with van der Waals surface area (Å²) < 4.78 is 5.35. The van der Waals surface area contributed by atoms with E-state index < -0.39 is 0 Å². The first-order chi connectivity index (χ1) is 12.8. The van der Waals surface area contributed by atoms with Gasteiger partial charge in [-0.3, -0.25) is 4.99 Å². The lowest BCUT2D eigenvalue weighted by Gasteiger charge is -2.26. The number of aliphatic imine (C=N–C) groups is 1. The van der Waals surface area contributed by atoms with Gasteiger partial charge in [-0.1, -0.05) is 41.0 Å². The Morgan fingerprint density at radius 2 is 1.96 bits per heavy atom. The number of anilines is 2. The van der Waals surface area contributed by atoms with Crippen LogP contribution in [0.2, 0.25) is 10.0 Å². The van der Waals surface area contributed by atoms with E-state index in [-0.39, 0.29) is 10.8 Å². The van der Waals surface area contributed by atoms with Crippen molar-refractivity contribution in [1.29, 1.82) is 0 Å². The van der Waals surface area contributed by atoms with E-state index in [4.69, 9.17) is 27.9 Å². The Labute approximate surface area is 172 Å². The molecular formula is C19H19Cl2N3O2S. The molecule has 1 aliphatic heterocycles. The van der Waals surface area contributed by atoms with Gasteiger partial charge in [-0.05, 0) is 50.2 Å². The van der Waals surface area contributed by atoms with E-state index in [1.165, 1.54) is 16.7 Å². The SMILES string of the molecule is COc1ccc(Cl)cc1N(C(=O)Nc1cccc(Cl)c1)C1=NCC(C)(C)S1. The van der Waals surface area contributed by atoms with Crippen molar-refractivity contribution in [3.05, 3.63) is 52.5 Å². The summed E-state index contributed by atoms with van der Waals surface area (Å²) in [5, 5.41) is 4.48. The van der Waals surface area contributed by atoms with Gasteiger partial charge in [0, 0.05) is 20.5 Å². The number of thioether (sulfide) groups is 1. The number of ether oxygens (including phenoxy) is 1. The molecule has 2 aromatic carbocycles. The van der Waals surface area contributed by atoms with Crippen molar-refractivity contribution in [3.8, 4) is 5.75 Å². The molecule has 2 aromatic rings. The number of halogens is 2. The van der Waals surface area contributed by atoms with Crippen LogP contribution in [-0.2, 0) is 0 Å². The number of amides is 2. The average molecular weight is 424 g/mol. The molecule has 0 aliphatic carbocycles. The third-order valence-corrected chi connectivity index (χ3v) is 5.46. The van der Waals surface area contributed by atoms with Crippen LogP contribution in [-0.4, -0.2) is 29.6 Å². The number of carbonyl (C=O) groups is 1. The monoisotopic (exact) mass is 423 g/mol. The molecule has 2 amide bonds. The van der Waals surface area contributed by atoms with Crippen LogP contribution in [0.25, 0.3) is 0 Å². The molecule has 0 spiro atoms. The Balaban J connectivity index is 2.00. The van der Waals surface area contributed by atoms with E-state index in [0.717, 1.165) is 0 Å². The van der Waals surface area contributed by atoms with Gasteiger partial charge in [0.1, 0.15) is 5.75 Å². The first kappa shape index (κ1) is 19.9. The van der Waals surface area contributed by atoms with E-state index >= 15 is 0 Å². The largest absolute Gasteiger partial charge is 0.495 e. The van der Waals surface area contributed by atoms with Gasteiger partial charge in [0.2, 0.25) is 0 Å². The Bertz CT molecular complexity index is 902. The average Bonchev–Trinajstić information content (AvgIpc) is 2.95. The van der Waals surface area contributed by atoms with Crippen molar-refractivity contribution in [3.63, 3.8) is 0 Å². The normalized spacial score (nSPS) is 15.2. The summed E-state index contributed by atoms with van der Waals surface area (Å²) >= 11 is 13.7. The van der Waals surface area contributed by atoms with Crippen molar-refractivity contribution < 1.29 is 9.53 Å².